The number of halogens is 5. The molecule has 0 unspecified atom stereocenters. The first-order valence-corrected chi connectivity index (χ1v) is 9.14. The molecule has 0 saturated carbocycles. The highest BCUT2D eigenvalue weighted by Gasteiger charge is 2.18. The largest absolute Gasteiger partial charge is 0.206 e. The molecule has 0 N–H and O–H groups in total. The van der Waals surface area contributed by atoms with Crippen molar-refractivity contribution in [3.8, 4) is 22.3 Å². The van der Waals surface area contributed by atoms with Crippen LogP contribution in [0.1, 0.15) is 31.7 Å². The molecule has 0 bridgehead atoms. The normalized spacial score (nSPS) is 11.1. The van der Waals surface area contributed by atoms with Gasteiger partial charge in [-0.05, 0) is 59.4 Å². The Morgan fingerprint density at radius 3 is 1.68 bits per heavy atom. The highest BCUT2D eigenvalue weighted by Crippen LogP contribution is 2.32. The van der Waals surface area contributed by atoms with E-state index in [4.69, 9.17) is 0 Å². The van der Waals surface area contributed by atoms with Crippen LogP contribution in [0.3, 0.4) is 0 Å². The van der Waals surface area contributed by atoms with Crippen LogP contribution in [-0.4, -0.2) is 0 Å². The van der Waals surface area contributed by atoms with Gasteiger partial charge in [0.05, 0.1) is 5.56 Å². The average Bonchev–Trinajstić information content (AvgIpc) is 2.66. The van der Waals surface area contributed by atoms with E-state index in [1.165, 1.54) is 0 Å². The molecular weight excluding hydrogens is 371 g/mol. The van der Waals surface area contributed by atoms with E-state index in [9.17, 15) is 22.0 Å². The molecule has 0 spiro atoms. The van der Waals surface area contributed by atoms with Crippen molar-refractivity contribution in [2.45, 2.75) is 32.6 Å². The number of hydrogen-bond donors (Lipinski definition) is 0. The van der Waals surface area contributed by atoms with Gasteiger partial charge in [-0.2, -0.15) is 0 Å². The van der Waals surface area contributed by atoms with Crippen molar-refractivity contribution in [2.75, 3.05) is 0 Å². The molecule has 0 amide bonds. The van der Waals surface area contributed by atoms with Crippen LogP contribution in [0.2, 0.25) is 0 Å². The van der Waals surface area contributed by atoms with Crippen LogP contribution in [0.15, 0.2) is 48.5 Å². The van der Waals surface area contributed by atoms with E-state index in [1.807, 2.05) is 12.1 Å². The Bertz CT molecular complexity index is 931. The molecule has 3 rings (SSSR count). The van der Waals surface area contributed by atoms with Crippen LogP contribution in [0.4, 0.5) is 22.0 Å². The number of rotatable bonds is 6. The summed E-state index contributed by atoms with van der Waals surface area (Å²) in [6.07, 6.45) is 4.30. The van der Waals surface area contributed by atoms with Gasteiger partial charge in [-0.1, -0.05) is 44.0 Å². The summed E-state index contributed by atoms with van der Waals surface area (Å²) in [5, 5.41) is 0. The van der Waals surface area contributed by atoms with E-state index >= 15 is 0 Å². The number of hydrogen-bond acceptors (Lipinski definition) is 0. The number of aryl methyl sites for hydroxylation is 1. The molecule has 0 aliphatic heterocycles. The van der Waals surface area contributed by atoms with E-state index < -0.39 is 40.2 Å². The summed E-state index contributed by atoms with van der Waals surface area (Å²) in [4.78, 5) is 0. The molecule has 0 heterocycles. The Morgan fingerprint density at radius 1 is 0.607 bits per heavy atom. The third-order valence-electron chi connectivity index (χ3n) is 4.67. The van der Waals surface area contributed by atoms with Crippen molar-refractivity contribution in [1.29, 1.82) is 0 Å². The molecule has 0 aliphatic carbocycles. The fourth-order valence-electron chi connectivity index (χ4n) is 3.16. The first-order chi connectivity index (χ1) is 13.4. The quantitative estimate of drug-likeness (QED) is 0.233. The molecule has 0 aromatic heterocycles. The standard InChI is InChI=1S/C23H19F5/c1-2-3-4-5-14-6-8-15(9-7-14)16-10-18(24)22(19(25)11-16)17-12-20(26)23(28)21(27)13-17/h6-13H,2-5H2,1H3. The maximum Gasteiger partial charge on any atom is 0.194 e. The lowest BCUT2D eigenvalue weighted by atomic mass is 9.97. The first kappa shape index (κ1) is 20.1. The maximum absolute atomic E-state index is 14.6. The van der Waals surface area contributed by atoms with Crippen molar-refractivity contribution in [3.05, 3.63) is 83.2 Å². The second-order valence-electron chi connectivity index (χ2n) is 6.72. The van der Waals surface area contributed by atoms with E-state index in [0.717, 1.165) is 43.4 Å². The third-order valence-corrected chi connectivity index (χ3v) is 4.67. The summed E-state index contributed by atoms with van der Waals surface area (Å²) in [6, 6.07) is 10.8. The Kier molecular flexibility index (Phi) is 6.12. The predicted molar refractivity (Wildman–Crippen MR) is 100 cm³/mol. The van der Waals surface area contributed by atoms with Crippen molar-refractivity contribution in [2.24, 2.45) is 0 Å². The monoisotopic (exact) mass is 390 g/mol. The Morgan fingerprint density at radius 2 is 1.14 bits per heavy atom. The lowest BCUT2D eigenvalue weighted by Crippen LogP contribution is -1.97. The summed E-state index contributed by atoms with van der Waals surface area (Å²) in [7, 11) is 0. The van der Waals surface area contributed by atoms with Crippen molar-refractivity contribution >= 4 is 0 Å². The van der Waals surface area contributed by atoms with E-state index in [2.05, 4.69) is 6.92 Å². The molecule has 0 atom stereocenters. The topological polar surface area (TPSA) is 0 Å². The van der Waals surface area contributed by atoms with Gasteiger partial charge >= 0.3 is 0 Å². The highest BCUT2D eigenvalue weighted by molar-refractivity contribution is 5.72. The van der Waals surface area contributed by atoms with Crippen molar-refractivity contribution in [1.82, 2.24) is 0 Å². The van der Waals surface area contributed by atoms with Crippen LogP contribution >= 0.6 is 0 Å². The molecule has 0 saturated heterocycles. The molecule has 0 nitrogen and oxygen atoms in total. The van der Waals surface area contributed by atoms with Gasteiger partial charge in [0.1, 0.15) is 11.6 Å². The fraction of sp³-hybridized carbons (Fsp3) is 0.217. The van der Waals surface area contributed by atoms with E-state index in [0.29, 0.717) is 23.3 Å². The molecule has 0 aliphatic rings. The molecule has 0 radical (unpaired) electrons. The molecule has 28 heavy (non-hydrogen) atoms. The summed E-state index contributed by atoms with van der Waals surface area (Å²) < 4.78 is 69.1. The molecular formula is C23H19F5. The van der Waals surface area contributed by atoms with E-state index in [1.54, 1.807) is 12.1 Å². The van der Waals surface area contributed by atoms with Crippen molar-refractivity contribution < 1.29 is 22.0 Å². The summed E-state index contributed by atoms with van der Waals surface area (Å²) >= 11 is 0. The van der Waals surface area contributed by atoms with E-state index in [-0.39, 0.29) is 0 Å². The van der Waals surface area contributed by atoms with Gasteiger partial charge in [0.15, 0.2) is 17.5 Å². The smallest absolute Gasteiger partial charge is 0.194 e. The van der Waals surface area contributed by atoms with Gasteiger partial charge in [0.2, 0.25) is 0 Å². The van der Waals surface area contributed by atoms with Crippen molar-refractivity contribution in [3.63, 3.8) is 0 Å². The minimum Gasteiger partial charge on any atom is -0.206 e. The molecule has 5 heteroatoms. The third kappa shape index (κ3) is 4.24. The van der Waals surface area contributed by atoms with Crippen LogP contribution in [-0.2, 0) is 6.42 Å². The van der Waals surface area contributed by atoms with Crippen LogP contribution in [0.25, 0.3) is 22.3 Å². The van der Waals surface area contributed by atoms with Gasteiger partial charge in [-0.25, -0.2) is 22.0 Å². The minimum atomic E-state index is -1.68. The molecule has 0 fully saturated rings. The van der Waals surface area contributed by atoms with Gasteiger partial charge < -0.3 is 0 Å². The van der Waals surface area contributed by atoms with Gasteiger partial charge in [-0.15, -0.1) is 0 Å². The minimum absolute atomic E-state index is 0.307. The Labute approximate surface area is 160 Å². The second kappa shape index (κ2) is 8.55. The second-order valence-corrected chi connectivity index (χ2v) is 6.72. The van der Waals surface area contributed by atoms with Gasteiger partial charge in [0, 0.05) is 0 Å². The SMILES string of the molecule is CCCCCc1ccc(-c2cc(F)c(-c3cc(F)c(F)c(F)c3)c(F)c2)cc1. The number of benzene rings is 3. The van der Waals surface area contributed by atoms with Crippen LogP contribution < -0.4 is 0 Å². The van der Waals surface area contributed by atoms with Gasteiger partial charge in [0.25, 0.3) is 0 Å². The molecule has 146 valence electrons. The highest BCUT2D eigenvalue weighted by atomic mass is 19.2. The summed E-state index contributed by atoms with van der Waals surface area (Å²) in [5.41, 5.74) is 1.08. The summed E-state index contributed by atoms with van der Waals surface area (Å²) in [5.74, 6) is -6.65. The molecule has 3 aromatic rings. The zero-order chi connectivity index (χ0) is 20.3. The zero-order valence-electron chi connectivity index (χ0n) is 15.3. The van der Waals surface area contributed by atoms with Crippen LogP contribution in [0, 0.1) is 29.1 Å². The Balaban J connectivity index is 1.92. The molecule has 3 aromatic carbocycles. The predicted octanol–water partition coefficient (Wildman–Crippen LogP) is 7.45. The van der Waals surface area contributed by atoms with Crippen LogP contribution in [0.5, 0.6) is 0 Å². The van der Waals surface area contributed by atoms with Gasteiger partial charge in [-0.3, -0.25) is 0 Å². The Hall–Kier alpha value is -2.69. The lowest BCUT2D eigenvalue weighted by molar-refractivity contribution is 0.447. The first-order valence-electron chi connectivity index (χ1n) is 9.14. The summed E-state index contributed by atoms with van der Waals surface area (Å²) in [6.45, 7) is 2.13. The average molecular weight is 390 g/mol. The number of unbranched alkanes of at least 4 members (excludes halogenated alkanes) is 2. The zero-order valence-corrected chi connectivity index (χ0v) is 15.3. The fourth-order valence-corrected chi connectivity index (χ4v) is 3.16. The maximum atomic E-state index is 14.6. The lowest BCUT2D eigenvalue weighted by Gasteiger charge is -2.10.